The van der Waals surface area contributed by atoms with E-state index >= 15 is 0 Å². The monoisotopic (exact) mass is 727 g/mol. The van der Waals surface area contributed by atoms with Gasteiger partial charge in [-0.05, 0) is 84.4 Å². The van der Waals surface area contributed by atoms with Crippen LogP contribution >= 0.6 is 11.6 Å². The number of hydrogen-bond acceptors (Lipinski definition) is 9. The first-order chi connectivity index (χ1) is 24.4. The van der Waals surface area contributed by atoms with Crippen LogP contribution in [0, 0.1) is 11.8 Å². The van der Waals surface area contributed by atoms with Crippen LogP contribution in [0.25, 0.3) is 22.2 Å². The quantitative estimate of drug-likeness (QED) is 0.0892. The van der Waals surface area contributed by atoms with Crippen molar-refractivity contribution in [1.82, 2.24) is 26.1 Å². The first kappa shape index (κ1) is 38.8. The number of carbonyl (C=O) groups is 5. The fraction of sp³-hybridized carbons (Fsp3) is 0.289. The molecule has 1 unspecified atom stereocenters. The van der Waals surface area contributed by atoms with Crippen LogP contribution in [0.5, 0.6) is 0 Å². The van der Waals surface area contributed by atoms with Gasteiger partial charge in [0, 0.05) is 46.5 Å². The molecule has 0 saturated carbocycles. The Kier molecular flexibility index (Phi) is 12.2. The van der Waals surface area contributed by atoms with E-state index in [0.717, 1.165) is 0 Å². The van der Waals surface area contributed by atoms with Crippen LogP contribution < -0.4 is 16.2 Å². The van der Waals surface area contributed by atoms with Crippen LogP contribution in [0.4, 0.5) is 9.59 Å². The molecule has 0 radical (unpaired) electrons. The molecule has 4 N–H and O–H groups in total. The van der Waals surface area contributed by atoms with Crippen LogP contribution in [0.2, 0.25) is 5.02 Å². The molecular weight excluding hydrogens is 690 g/mol. The molecule has 0 aliphatic carbocycles. The second-order valence-corrected chi connectivity index (χ2v) is 14.0. The van der Waals surface area contributed by atoms with Crippen LogP contribution in [-0.2, 0) is 14.3 Å². The van der Waals surface area contributed by atoms with E-state index in [0.29, 0.717) is 33.3 Å². The number of hydrogen-bond donors (Lipinski definition) is 4. The number of hydrazine groups is 1. The molecule has 0 aliphatic heterocycles. The van der Waals surface area contributed by atoms with Gasteiger partial charge in [0.2, 0.25) is 0 Å². The van der Waals surface area contributed by atoms with Crippen molar-refractivity contribution in [2.75, 3.05) is 0 Å². The normalized spacial score (nSPS) is 11.8. The number of Topliss-reactive ketones (excluding diaryl/α,β-unsaturated/α-hetero) is 1. The zero-order chi connectivity index (χ0) is 38.2. The molecular formula is C38H38ClN5O8. The number of fused-ring (bicyclic) bond motifs is 1. The number of carboxylic acids is 1. The van der Waals surface area contributed by atoms with Gasteiger partial charge in [0.15, 0.2) is 5.78 Å². The Morgan fingerprint density at radius 1 is 0.865 bits per heavy atom. The van der Waals surface area contributed by atoms with E-state index in [1.54, 1.807) is 96.3 Å². The number of rotatable bonds is 8. The Labute approximate surface area is 305 Å². The number of carbonyl (C=O) groups excluding carboxylic acids is 4. The minimum Gasteiger partial charge on any atom is -0.480 e. The SMILES string of the molecule is CC(C)(C)OC(=O)NNC(=O)c1cc(-c2ccc(C#Cc3ccc(C(=O)CCC(NC(=O)OC(C)(C)C)C(=O)O)cc3Cl)cc2)nc2ccncc12. The number of aromatic nitrogens is 2. The smallest absolute Gasteiger partial charge is 0.426 e. The van der Waals surface area contributed by atoms with E-state index in [1.807, 2.05) is 0 Å². The minimum atomic E-state index is -1.31. The number of nitrogens with zero attached hydrogens (tertiary/aromatic N) is 2. The molecule has 0 fully saturated rings. The first-order valence-electron chi connectivity index (χ1n) is 16.1. The molecule has 0 bridgehead atoms. The predicted octanol–water partition coefficient (Wildman–Crippen LogP) is 6.46. The van der Waals surface area contributed by atoms with Gasteiger partial charge in [-0.2, -0.15) is 0 Å². The number of ketones is 1. The summed E-state index contributed by atoms with van der Waals surface area (Å²) in [7, 11) is 0. The number of alkyl carbamates (subject to hydrolysis) is 1. The zero-order valence-corrected chi connectivity index (χ0v) is 30.2. The lowest BCUT2D eigenvalue weighted by Crippen LogP contribution is -2.44. The number of ether oxygens (including phenoxy) is 2. The Morgan fingerprint density at radius 2 is 1.54 bits per heavy atom. The first-order valence-corrected chi connectivity index (χ1v) is 16.5. The number of amides is 3. The molecule has 0 saturated heterocycles. The maximum Gasteiger partial charge on any atom is 0.426 e. The summed E-state index contributed by atoms with van der Waals surface area (Å²) < 4.78 is 10.3. The Hall–Kier alpha value is -6.00. The number of benzene rings is 2. The van der Waals surface area contributed by atoms with Crippen LogP contribution in [0.15, 0.2) is 67.0 Å². The molecule has 0 aliphatic rings. The van der Waals surface area contributed by atoms with Crippen LogP contribution in [0.1, 0.15) is 86.2 Å². The van der Waals surface area contributed by atoms with Gasteiger partial charge in [-0.25, -0.2) is 24.8 Å². The summed E-state index contributed by atoms with van der Waals surface area (Å²) in [6, 6.07) is 13.7. The third kappa shape index (κ3) is 11.3. The maximum absolute atomic E-state index is 13.1. The lowest BCUT2D eigenvalue weighted by Gasteiger charge is -2.21. The summed E-state index contributed by atoms with van der Waals surface area (Å²) in [5.41, 5.74) is 6.43. The van der Waals surface area contributed by atoms with Crippen molar-refractivity contribution in [3.05, 3.63) is 94.3 Å². The van der Waals surface area contributed by atoms with Gasteiger partial charge in [0.25, 0.3) is 5.91 Å². The van der Waals surface area contributed by atoms with E-state index in [2.05, 4.69) is 38.0 Å². The molecule has 1 atom stereocenters. The van der Waals surface area contributed by atoms with Gasteiger partial charge in [-0.15, -0.1) is 0 Å². The number of pyridine rings is 2. The molecule has 4 rings (SSSR count). The van der Waals surface area contributed by atoms with E-state index in [4.69, 9.17) is 21.1 Å². The molecule has 3 amide bonds. The van der Waals surface area contributed by atoms with Gasteiger partial charge in [-0.3, -0.25) is 20.0 Å². The standard InChI is InChI=1S/C38H38ClN5O8/c1-37(2,3)51-35(49)42-30(34(47)48)15-16-32(45)25-14-13-23(28(39)19-25)10-7-22-8-11-24(12-9-22)31-20-26(27-21-40-18-17-29(27)41-31)33(46)43-44-36(50)52-38(4,5)6/h8-9,11-14,17-21,30H,15-16H2,1-6H3,(H,42,49)(H,43,46)(H,44,50)(H,47,48). The van der Waals surface area contributed by atoms with E-state index in [9.17, 15) is 29.1 Å². The number of aliphatic carboxylic acids is 1. The van der Waals surface area contributed by atoms with Crippen molar-refractivity contribution in [1.29, 1.82) is 0 Å². The Balaban J connectivity index is 1.44. The maximum atomic E-state index is 13.1. The number of halogens is 1. The molecule has 0 spiro atoms. The van der Waals surface area contributed by atoms with Gasteiger partial charge < -0.3 is 19.9 Å². The predicted molar refractivity (Wildman–Crippen MR) is 194 cm³/mol. The molecule has 14 heteroatoms. The van der Waals surface area contributed by atoms with Crippen LogP contribution in [0.3, 0.4) is 0 Å². The molecule has 13 nitrogen and oxygen atoms in total. The van der Waals surface area contributed by atoms with Crippen molar-refractivity contribution >= 4 is 52.4 Å². The Morgan fingerprint density at radius 3 is 2.17 bits per heavy atom. The van der Waals surface area contributed by atoms with Crippen molar-refractivity contribution in [3.63, 3.8) is 0 Å². The van der Waals surface area contributed by atoms with E-state index < -0.39 is 41.3 Å². The highest BCUT2D eigenvalue weighted by Gasteiger charge is 2.25. The molecule has 2 heterocycles. The molecule has 4 aromatic rings. The molecule has 2 aromatic carbocycles. The lowest BCUT2D eigenvalue weighted by atomic mass is 10.0. The summed E-state index contributed by atoms with van der Waals surface area (Å²) in [6.45, 7) is 10.1. The van der Waals surface area contributed by atoms with Crippen LogP contribution in [-0.4, -0.2) is 62.2 Å². The van der Waals surface area contributed by atoms with Crippen molar-refractivity contribution in [2.24, 2.45) is 0 Å². The van der Waals surface area contributed by atoms with Crippen molar-refractivity contribution in [3.8, 4) is 23.1 Å². The molecule has 52 heavy (non-hydrogen) atoms. The largest absolute Gasteiger partial charge is 0.480 e. The highest BCUT2D eigenvalue weighted by atomic mass is 35.5. The third-order valence-electron chi connectivity index (χ3n) is 6.99. The van der Waals surface area contributed by atoms with Crippen molar-refractivity contribution in [2.45, 2.75) is 71.6 Å². The van der Waals surface area contributed by atoms with Gasteiger partial charge in [0.1, 0.15) is 17.2 Å². The summed E-state index contributed by atoms with van der Waals surface area (Å²) in [6.07, 6.45) is 1.08. The van der Waals surface area contributed by atoms with E-state index in [-0.39, 0.29) is 34.8 Å². The molecule has 2 aromatic heterocycles. The molecule has 270 valence electrons. The highest BCUT2D eigenvalue weighted by Crippen LogP contribution is 2.25. The highest BCUT2D eigenvalue weighted by molar-refractivity contribution is 6.32. The van der Waals surface area contributed by atoms with Gasteiger partial charge in [-0.1, -0.05) is 41.6 Å². The Bertz CT molecular complexity index is 2080. The number of carboxylic acid groups (broad SMARTS) is 1. The minimum absolute atomic E-state index is 0.145. The van der Waals surface area contributed by atoms with Crippen molar-refractivity contribution < 1.29 is 38.6 Å². The summed E-state index contributed by atoms with van der Waals surface area (Å²) in [5.74, 6) is 3.80. The van der Waals surface area contributed by atoms with Gasteiger partial charge >= 0.3 is 18.2 Å². The lowest BCUT2D eigenvalue weighted by molar-refractivity contribution is -0.139. The number of nitrogens with one attached hydrogen (secondary N) is 3. The second kappa shape index (κ2) is 16.3. The average molecular weight is 728 g/mol. The average Bonchev–Trinajstić information content (AvgIpc) is 3.06. The topological polar surface area (TPSA) is 186 Å². The van der Waals surface area contributed by atoms with E-state index in [1.165, 1.54) is 12.3 Å². The fourth-order valence-electron chi connectivity index (χ4n) is 4.66. The second-order valence-electron chi connectivity index (χ2n) is 13.5. The summed E-state index contributed by atoms with van der Waals surface area (Å²) >= 11 is 6.45. The van der Waals surface area contributed by atoms with Gasteiger partial charge in [0.05, 0.1) is 21.8 Å². The summed E-state index contributed by atoms with van der Waals surface area (Å²) in [5, 5.41) is 12.5. The fourth-order valence-corrected chi connectivity index (χ4v) is 4.89. The third-order valence-corrected chi connectivity index (χ3v) is 7.31. The summed E-state index contributed by atoms with van der Waals surface area (Å²) in [4.78, 5) is 70.4. The zero-order valence-electron chi connectivity index (χ0n) is 29.4.